The number of alkyl halides is 5. The Morgan fingerprint density at radius 1 is 0.967 bits per heavy atom. The Bertz CT molecular complexity index is 946. The molecule has 0 aliphatic heterocycles. The van der Waals surface area contributed by atoms with Gasteiger partial charge in [0.2, 0.25) is 5.54 Å². The van der Waals surface area contributed by atoms with Gasteiger partial charge in [-0.1, -0.05) is 48.5 Å². The average molecular weight is 429 g/mol. The summed E-state index contributed by atoms with van der Waals surface area (Å²) in [5.74, 6) is -8.78. The number of amides is 1. The Labute approximate surface area is 167 Å². The van der Waals surface area contributed by atoms with E-state index in [0.29, 0.717) is 0 Å². The van der Waals surface area contributed by atoms with Crippen molar-refractivity contribution in [2.24, 2.45) is 0 Å². The molecule has 1 aliphatic rings. The molecule has 5 nitrogen and oxygen atoms in total. The van der Waals surface area contributed by atoms with E-state index in [1.54, 1.807) is 24.3 Å². The van der Waals surface area contributed by atoms with Crippen LogP contribution in [0.1, 0.15) is 24.0 Å². The quantitative estimate of drug-likeness (QED) is 0.683. The van der Waals surface area contributed by atoms with E-state index in [9.17, 15) is 31.5 Å². The lowest BCUT2D eigenvalue weighted by atomic mass is 9.93. The first-order chi connectivity index (χ1) is 13.9. The number of carbonyl (C=O) groups is 2. The van der Waals surface area contributed by atoms with Crippen molar-refractivity contribution in [3.63, 3.8) is 0 Å². The highest BCUT2D eigenvalue weighted by Gasteiger charge is 2.72. The summed E-state index contributed by atoms with van der Waals surface area (Å²) in [6, 6.07) is 14.4. The molecule has 10 heteroatoms. The van der Waals surface area contributed by atoms with E-state index in [-0.39, 0.29) is 13.5 Å². The second-order valence-corrected chi connectivity index (χ2v) is 6.95. The molecular weight excluding hydrogens is 413 g/mol. The van der Waals surface area contributed by atoms with Crippen LogP contribution in [-0.2, 0) is 9.53 Å². The van der Waals surface area contributed by atoms with Crippen LogP contribution in [0.15, 0.2) is 48.5 Å². The van der Waals surface area contributed by atoms with Crippen molar-refractivity contribution >= 4 is 12.1 Å². The molecule has 2 aromatic rings. The molecule has 2 aromatic carbocycles. The van der Waals surface area contributed by atoms with Crippen LogP contribution in [-0.4, -0.2) is 41.4 Å². The third-order valence-electron chi connectivity index (χ3n) is 5.11. The molecule has 1 atom stereocenters. The third kappa shape index (κ3) is 3.35. The highest BCUT2D eigenvalue weighted by molar-refractivity contribution is 5.85. The Balaban J connectivity index is 1.80. The number of benzene rings is 2. The van der Waals surface area contributed by atoms with Gasteiger partial charge in [-0.15, -0.1) is 0 Å². The van der Waals surface area contributed by atoms with Crippen LogP contribution in [0, 0.1) is 0 Å². The molecule has 0 aromatic heterocycles. The van der Waals surface area contributed by atoms with E-state index in [1.165, 1.54) is 5.32 Å². The van der Waals surface area contributed by atoms with Gasteiger partial charge in [0.25, 0.3) is 0 Å². The molecule has 0 saturated carbocycles. The summed E-state index contributed by atoms with van der Waals surface area (Å²) in [5, 5.41) is 10.2. The van der Waals surface area contributed by atoms with Crippen LogP contribution < -0.4 is 5.32 Å². The molecule has 0 heterocycles. The minimum Gasteiger partial charge on any atom is -0.479 e. The Morgan fingerprint density at radius 2 is 1.43 bits per heavy atom. The van der Waals surface area contributed by atoms with Crippen LogP contribution in [0.4, 0.5) is 26.7 Å². The maximum absolute atomic E-state index is 13.7. The van der Waals surface area contributed by atoms with Gasteiger partial charge in [-0.3, -0.25) is 5.32 Å². The number of nitrogens with one attached hydrogen (secondary N) is 1. The summed E-state index contributed by atoms with van der Waals surface area (Å²) < 4.78 is 70.5. The predicted octanol–water partition coefficient (Wildman–Crippen LogP) is 4.57. The van der Waals surface area contributed by atoms with Crippen molar-refractivity contribution in [3.05, 3.63) is 59.7 Å². The maximum Gasteiger partial charge on any atom is 0.456 e. The Morgan fingerprint density at radius 3 is 1.87 bits per heavy atom. The molecule has 0 fully saturated rings. The summed E-state index contributed by atoms with van der Waals surface area (Å²) in [5.41, 5.74) is -0.628. The zero-order valence-corrected chi connectivity index (χ0v) is 15.5. The minimum atomic E-state index is -6.20. The molecule has 0 saturated heterocycles. The van der Waals surface area contributed by atoms with Crippen molar-refractivity contribution in [1.29, 1.82) is 0 Å². The van der Waals surface area contributed by atoms with Gasteiger partial charge in [0, 0.05) is 5.92 Å². The number of aliphatic carboxylic acids is 1. The summed E-state index contributed by atoms with van der Waals surface area (Å²) in [4.78, 5) is 23.2. The normalized spacial score (nSPS) is 15.7. The number of carboxylic acids is 1. The number of alkyl carbamates (subject to hydrolysis) is 1. The van der Waals surface area contributed by atoms with E-state index in [0.717, 1.165) is 22.3 Å². The molecule has 1 amide bonds. The summed E-state index contributed by atoms with van der Waals surface area (Å²) >= 11 is 0. The van der Waals surface area contributed by atoms with Gasteiger partial charge < -0.3 is 9.84 Å². The van der Waals surface area contributed by atoms with Crippen molar-refractivity contribution in [2.45, 2.75) is 30.5 Å². The molecule has 0 bridgehead atoms. The largest absolute Gasteiger partial charge is 0.479 e. The number of carboxylic acid groups (broad SMARTS) is 1. The number of hydrogen-bond donors (Lipinski definition) is 2. The molecule has 3 rings (SSSR count). The predicted molar refractivity (Wildman–Crippen MR) is 95.2 cm³/mol. The lowest BCUT2D eigenvalue weighted by molar-refractivity contribution is -0.306. The lowest BCUT2D eigenvalue weighted by Gasteiger charge is -2.34. The average Bonchev–Trinajstić information content (AvgIpc) is 2.99. The van der Waals surface area contributed by atoms with Crippen molar-refractivity contribution in [3.8, 4) is 11.1 Å². The van der Waals surface area contributed by atoms with Gasteiger partial charge in [-0.25, -0.2) is 9.59 Å². The second kappa shape index (κ2) is 7.26. The SMILES string of the molecule is CC(NC(=O)OCC1c2ccccc2-c2ccccc21)(C(=O)O)C(F)(F)C(F)(F)F. The lowest BCUT2D eigenvalue weighted by Crippen LogP contribution is -2.68. The second-order valence-electron chi connectivity index (χ2n) is 6.95. The number of fused-ring (bicyclic) bond motifs is 3. The number of ether oxygens (including phenoxy) is 1. The number of rotatable bonds is 5. The summed E-state index contributed by atoms with van der Waals surface area (Å²) in [6.07, 6.45) is -7.90. The van der Waals surface area contributed by atoms with Gasteiger partial charge in [0.05, 0.1) is 0 Å². The van der Waals surface area contributed by atoms with Crippen LogP contribution in [0.3, 0.4) is 0 Å². The molecule has 2 N–H and O–H groups in total. The van der Waals surface area contributed by atoms with E-state index < -0.39 is 35.6 Å². The highest BCUT2D eigenvalue weighted by Crippen LogP contribution is 2.45. The van der Waals surface area contributed by atoms with Crippen LogP contribution in [0.25, 0.3) is 11.1 Å². The fourth-order valence-electron chi connectivity index (χ4n) is 3.39. The maximum atomic E-state index is 13.7. The summed E-state index contributed by atoms with van der Waals surface area (Å²) in [7, 11) is 0. The first kappa shape index (κ1) is 21.5. The topological polar surface area (TPSA) is 75.6 Å². The first-order valence-corrected chi connectivity index (χ1v) is 8.71. The fourth-order valence-corrected chi connectivity index (χ4v) is 3.39. The van der Waals surface area contributed by atoms with Gasteiger partial charge in [-0.05, 0) is 29.2 Å². The third-order valence-corrected chi connectivity index (χ3v) is 5.11. The van der Waals surface area contributed by atoms with Gasteiger partial charge in [0.15, 0.2) is 0 Å². The monoisotopic (exact) mass is 429 g/mol. The van der Waals surface area contributed by atoms with Crippen LogP contribution >= 0.6 is 0 Å². The highest BCUT2D eigenvalue weighted by atomic mass is 19.4. The molecule has 1 aliphatic carbocycles. The van der Waals surface area contributed by atoms with E-state index in [4.69, 9.17) is 9.84 Å². The molecular formula is C20H16F5NO4. The van der Waals surface area contributed by atoms with Crippen LogP contribution in [0.2, 0.25) is 0 Å². The molecule has 0 spiro atoms. The fraction of sp³-hybridized carbons (Fsp3) is 0.300. The first-order valence-electron chi connectivity index (χ1n) is 8.71. The zero-order valence-electron chi connectivity index (χ0n) is 15.5. The van der Waals surface area contributed by atoms with Crippen molar-refractivity contribution < 1.29 is 41.4 Å². The minimum absolute atomic E-state index is 0.0737. The number of halogens is 5. The number of hydrogen-bond acceptors (Lipinski definition) is 3. The van der Waals surface area contributed by atoms with Gasteiger partial charge >= 0.3 is 24.2 Å². The molecule has 160 valence electrons. The van der Waals surface area contributed by atoms with E-state index >= 15 is 0 Å². The van der Waals surface area contributed by atoms with E-state index in [1.807, 2.05) is 24.3 Å². The van der Waals surface area contributed by atoms with Gasteiger partial charge in [0.1, 0.15) is 6.61 Å². The molecule has 30 heavy (non-hydrogen) atoms. The smallest absolute Gasteiger partial charge is 0.456 e. The van der Waals surface area contributed by atoms with Crippen molar-refractivity contribution in [2.75, 3.05) is 6.61 Å². The van der Waals surface area contributed by atoms with Crippen LogP contribution in [0.5, 0.6) is 0 Å². The molecule has 1 unspecified atom stereocenters. The van der Waals surface area contributed by atoms with Crippen molar-refractivity contribution in [1.82, 2.24) is 5.32 Å². The zero-order chi connectivity index (χ0) is 22.3. The van der Waals surface area contributed by atoms with Gasteiger partial charge in [-0.2, -0.15) is 22.0 Å². The summed E-state index contributed by atoms with van der Waals surface area (Å²) in [6.45, 7) is -0.308. The standard InChI is InChI=1S/C20H16F5NO4/c1-18(16(27)28,19(21,22)20(23,24)25)26-17(29)30-10-15-13-8-4-2-6-11(13)12-7-3-5-9-14(12)15/h2-9,15H,10H2,1H3,(H,26,29)(H,27,28). The number of carbonyl (C=O) groups excluding carboxylic acids is 1. The Kier molecular flexibility index (Phi) is 5.21. The van der Waals surface area contributed by atoms with E-state index in [2.05, 4.69) is 0 Å². The Hall–Kier alpha value is -3.17. The molecule has 0 radical (unpaired) electrons.